The maximum Gasteiger partial charge on any atom is 0.122 e. The lowest BCUT2D eigenvalue weighted by Crippen LogP contribution is -2.64. The Morgan fingerprint density at radius 2 is 1.80 bits per heavy atom. The van der Waals surface area contributed by atoms with E-state index in [1.807, 2.05) is 0 Å². The zero-order chi connectivity index (χ0) is 10.5. The van der Waals surface area contributed by atoms with E-state index in [1.54, 1.807) is 0 Å². The third-order valence-corrected chi connectivity index (χ3v) is 4.13. The number of rotatable bonds is 0. The van der Waals surface area contributed by atoms with Crippen molar-refractivity contribution in [3.05, 3.63) is 0 Å². The van der Waals surface area contributed by atoms with Crippen LogP contribution in [0.4, 0.5) is 0 Å². The summed E-state index contributed by atoms with van der Waals surface area (Å²) in [7, 11) is 0. The molecule has 0 saturated carbocycles. The van der Waals surface area contributed by atoms with E-state index in [0.717, 1.165) is 25.8 Å². The number of ether oxygens (including phenoxy) is 1. The normalized spacial score (nSPS) is 48.4. The topological polar surface area (TPSA) is 33.3 Å². The van der Waals surface area contributed by atoms with Crippen LogP contribution in [0.3, 0.4) is 0 Å². The average Bonchev–Trinajstić information content (AvgIpc) is 2.44. The van der Waals surface area contributed by atoms with Crippen LogP contribution in [-0.4, -0.2) is 30.0 Å². The molecule has 2 unspecified atom stereocenters. The van der Waals surface area contributed by atoms with Crippen molar-refractivity contribution in [2.45, 2.75) is 69.4 Å². The standard InChI is InChI=1S/C12H22N2O/c1-11(2)5-6-13-12(15-11)7-9-3-4-10(8-12)14-9/h9-10,13-14H,3-8H2,1-2H3. The van der Waals surface area contributed by atoms with Gasteiger partial charge in [0, 0.05) is 31.5 Å². The highest BCUT2D eigenvalue weighted by Crippen LogP contribution is 2.39. The number of fused-ring (bicyclic) bond motifs is 2. The van der Waals surface area contributed by atoms with Crippen molar-refractivity contribution in [2.75, 3.05) is 6.54 Å². The fourth-order valence-electron chi connectivity index (χ4n) is 3.54. The highest BCUT2D eigenvalue weighted by Gasteiger charge is 2.48. The Labute approximate surface area is 91.9 Å². The Balaban J connectivity index is 1.79. The highest BCUT2D eigenvalue weighted by atomic mass is 16.5. The Hall–Kier alpha value is -0.120. The van der Waals surface area contributed by atoms with Crippen LogP contribution in [-0.2, 0) is 4.74 Å². The summed E-state index contributed by atoms with van der Waals surface area (Å²) in [6.07, 6.45) is 6.08. The van der Waals surface area contributed by atoms with Crippen LogP contribution >= 0.6 is 0 Å². The van der Waals surface area contributed by atoms with Crippen molar-refractivity contribution in [3.8, 4) is 0 Å². The predicted octanol–water partition coefficient (Wildman–Crippen LogP) is 1.39. The molecule has 0 aliphatic carbocycles. The molecule has 3 rings (SSSR count). The first kappa shape index (κ1) is 10.1. The molecule has 3 fully saturated rings. The van der Waals surface area contributed by atoms with Gasteiger partial charge in [-0.25, -0.2) is 0 Å². The van der Waals surface area contributed by atoms with E-state index in [-0.39, 0.29) is 11.3 Å². The Bertz CT molecular complexity index is 252. The van der Waals surface area contributed by atoms with Crippen molar-refractivity contribution in [3.63, 3.8) is 0 Å². The summed E-state index contributed by atoms with van der Waals surface area (Å²) in [5.74, 6) is 0. The molecule has 0 aromatic carbocycles. The van der Waals surface area contributed by atoms with Crippen molar-refractivity contribution in [2.24, 2.45) is 0 Å². The highest BCUT2D eigenvalue weighted by molar-refractivity contribution is 5.02. The van der Waals surface area contributed by atoms with Gasteiger partial charge in [-0.05, 0) is 33.1 Å². The molecule has 3 aliphatic heterocycles. The smallest absolute Gasteiger partial charge is 0.122 e. The maximum absolute atomic E-state index is 6.33. The molecule has 0 aromatic rings. The molecule has 15 heavy (non-hydrogen) atoms. The molecule has 3 heterocycles. The molecule has 2 N–H and O–H groups in total. The quantitative estimate of drug-likeness (QED) is 0.634. The van der Waals surface area contributed by atoms with Gasteiger partial charge < -0.3 is 10.1 Å². The minimum absolute atomic E-state index is 0.0150. The number of nitrogens with one attached hydrogen (secondary N) is 2. The lowest BCUT2D eigenvalue weighted by Gasteiger charge is -2.50. The molecule has 3 nitrogen and oxygen atoms in total. The monoisotopic (exact) mass is 210 g/mol. The summed E-state index contributed by atoms with van der Waals surface area (Å²) < 4.78 is 6.33. The molecular weight excluding hydrogens is 188 g/mol. The molecular formula is C12H22N2O. The molecule has 2 atom stereocenters. The molecule has 1 spiro atoms. The second-order valence-electron chi connectivity index (χ2n) is 6.08. The van der Waals surface area contributed by atoms with Gasteiger partial charge in [0.25, 0.3) is 0 Å². The van der Waals surface area contributed by atoms with Crippen LogP contribution in [0.15, 0.2) is 0 Å². The molecule has 3 heteroatoms. The summed E-state index contributed by atoms with van der Waals surface area (Å²) in [6.45, 7) is 5.55. The average molecular weight is 210 g/mol. The van der Waals surface area contributed by atoms with Crippen LogP contribution in [0, 0.1) is 0 Å². The van der Waals surface area contributed by atoms with Crippen molar-refractivity contribution < 1.29 is 4.74 Å². The van der Waals surface area contributed by atoms with Crippen LogP contribution in [0.5, 0.6) is 0 Å². The largest absolute Gasteiger partial charge is 0.355 e. The predicted molar refractivity (Wildman–Crippen MR) is 59.7 cm³/mol. The minimum Gasteiger partial charge on any atom is -0.355 e. The number of piperidine rings is 1. The van der Waals surface area contributed by atoms with Crippen molar-refractivity contribution in [1.29, 1.82) is 0 Å². The van der Waals surface area contributed by atoms with Gasteiger partial charge in [0.05, 0.1) is 5.60 Å². The summed E-state index contributed by atoms with van der Waals surface area (Å²) in [5, 5.41) is 7.30. The van der Waals surface area contributed by atoms with Gasteiger partial charge in [-0.3, -0.25) is 5.32 Å². The lowest BCUT2D eigenvalue weighted by molar-refractivity contribution is -0.202. The van der Waals surface area contributed by atoms with Gasteiger partial charge in [-0.1, -0.05) is 0 Å². The van der Waals surface area contributed by atoms with Crippen LogP contribution in [0.25, 0.3) is 0 Å². The summed E-state index contributed by atoms with van der Waals surface area (Å²) in [6, 6.07) is 1.37. The van der Waals surface area contributed by atoms with E-state index >= 15 is 0 Å². The van der Waals surface area contributed by atoms with Gasteiger partial charge in [0.1, 0.15) is 5.72 Å². The Morgan fingerprint density at radius 1 is 1.13 bits per heavy atom. The van der Waals surface area contributed by atoms with Gasteiger partial charge in [-0.15, -0.1) is 0 Å². The van der Waals surface area contributed by atoms with Crippen LogP contribution in [0.1, 0.15) is 46.0 Å². The summed E-state index contributed by atoms with van der Waals surface area (Å²) in [4.78, 5) is 0. The maximum atomic E-state index is 6.33. The SMILES string of the molecule is CC1(C)CCNC2(CC3CCC(C2)N3)O1. The molecule has 86 valence electrons. The second-order valence-corrected chi connectivity index (χ2v) is 6.08. The first-order valence-corrected chi connectivity index (χ1v) is 6.28. The van der Waals surface area contributed by atoms with Crippen LogP contribution < -0.4 is 10.6 Å². The zero-order valence-corrected chi connectivity index (χ0v) is 9.81. The van der Waals surface area contributed by atoms with E-state index in [0.29, 0.717) is 12.1 Å². The molecule has 3 saturated heterocycles. The third kappa shape index (κ3) is 1.81. The van der Waals surface area contributed by atoms with Crippen molar-refractivity contribution >= 4 is 0 Å². The Kier molecular flexibility index (Phi) is 2.14. The second kappa shape index (κ2) is 3.19. The first-order valence-electron chi connectivity index (χ1n) is 6.28. The lowest BCUT2D eigenvalue weighted by atomic mass is 9.90. The van der Waals surface area contributed by atoms with Gasteiger partial charge in [0.15, 0.2) is 0 Å². The van der Waals surface area contributed by atoms with E-state index in [2.05, 4.69) is 24.5 Å². The zero-order valence-electron chi connectivity index (χ0n) is 9.81. The minimum atomic E-state index is -0.0150. The molecule has 0 radical (unpaired) electrons. The van der Waals surface area contributed by atoms with Gasteiger partial charge >= 0.3 is 0 Å². The Morgan fingerprint density at radius 3 is 2.40 bits per heavy atom. The van der Waals surface area contributed by atoms with E-state index in [1.165, 1.54) is 12.8 Å². The fraction of sp³-hybridized carbons (Fsp3) is 1.00. The van der Waals surface area contributed by atoms with Crippen LogP contribution in [0.2, 0.25) is 0 Å². The number of hydrogen-bond acceptors (Lipinski definition) is 3. The molecule has 2 bridgehead atoms. The summed E-state index contributed by atoms with van der Waals surface area (Å²) in [5.41, 5.74) is 0.0425. The molecule has 3 aliphatic rings. The van der Waals surface area contributed by atoms with E-state index in [4.69, 9.17) is 4.74 Å². The first-order chi connectivity index (χ1) is 7.07. The van der Waals surface area contributed by atoms with Crippen molar-refractivity contribution in [1.82, 2.24) is 10.6 Å². The summed E-state index contributed by atoms with van der Waals surface area (Å²) >= 11 is 0. The van der Waals surface area contributed by atoms with E-state index in [9.17, 15) is 0 Å². The molecule has 0 aromatic heterocycles. The third-order valence-electron chi connectivity index (χ3n) is 4.13. The van der Waals surface area contributed by atoms with E-state index < -0.39 is 0 Å². The molecule has 0 amide bonds. The van der Waals surface area contributed by atoms with Gasteiger partial charge in [-0.2, -0.15) is 0 Å². The number of hydrogen-bond donors (Lipinski definition) is 2. The van der Waals surface area contributed by atoms with Gasteiger partial charge in [0.2, 0.25) is 0 Å². The fourth-order valence-corrected chi connectivity index (χ4v) is 3.54.